The van der Waals surface area contributed by atoms with E-state index in [0.717, 1.165) is 23.4 Å². The van der Waals surface area contributed by atoms with Crippen LogP contribution in [0, 0.1) is 0 Å². The molecule has 0 saturated carbocycles. The molecule has 2 aromatic heterocycles. The van der Waals surface area contributed by atoms with E-state index in [0.29, 0.717) is 0 Å². The molecule has 0 spiro atoms. The SMILES string of the molecule is CNCc1nn(C)cc1-c1ccncc1. The number of hydrogen-bond donors (Lipinski definition) is 1. The van der Waals surface area contributed by atoms with Gasteiger partial charge in [0, 0.05) is 37.7 Å². The number of rotatable bonds is 3. The molecule has 0 bridgehead atoms. The molecular weight excluding hydrogens is 188 g/mol. The third-order valence-corrected chi connectivity index (χ3v) is 2.24. The topological polar surface area (TPSA) is 42.7 Å². The molecule has 0 amide bonds. The van der Waals surface area contributed by atoms with E-state index in [9.17, 15) is 0 Å². The lowest BCUT2D eigenvalue weighted by Crippen LogP contribution is -2.07. The summed E-state index contributed by atoms with van der Waals surface area (Å²) < 4.78 is 1.84. The van der Waals surface area contributed by atoms with Crippen LogP contribution < -0.4 is 5.32 Å². The molecule has 0 aliphatic rings. The highest BCUT2D eigenvalue weighted by molar-refractivity contribution is 5.64. The summed E-state index contributed by atoms with van der Waals surface area (Å²) in [5.41, 5.74) is 3.38. The molecule has 2 heterocycles. The molecular formula is C11H14N4. The summed E-state index contributed by atoms with van der Waals surface area (Å²) in [5.74, 6) is 0. The number of aromatic nitrogens is 3. The molecule has 0 saturated heterocycles. The molecule has 4 nitrogen and oxygen atoms in total. The molecule has 1 N–H and O–H groups in total. The highest BCUT2D eigenvalue weighted by atomic mass is 15.3. The molecule has 78 valence electrons. The first-order valence-corrected chi connectivity index (χ1v) is 4.89. The van der Waals surface area contributed by atoms with Crippen LogP contribution in [0.1, 0.15) is 5.69 Å². The van der Waals surface area contributed by atoms with Crippen LogP contribution in [0.3, 0.4) is 0 Å². The van der Waals surface area contributed by atoms with E-state index >= 15 is 0 Å². The largest absolute Gasteiger partial charge is 0.314 e. The summed E-state index contributed by atoms with van der Waals surface area (Å²) in [6.45, 7) is 0.776. The Morgan fingerprint density at radius 2 is 2.07 bits per heavy atom. The number of aryl methyl sites for hydroxylation is 1. The summed E-state index contributed by atoms with van der Waals surface area (Å²) >= 11 is 0. The highest BCUT2D eigenvalue weighted by Crippen LogP contribution is 2.21. The van der Waals surface area contributed by atoms with E-state index in [2.05, 4.69) is 15.4 Å². The average Bonchev–Trinajstić information content (AvgIpc) is 2.62. The second kappa shape index (κ2) is 4.23. The molecule has 0 fully saturated rings. The van der Waals surface area contributed by atoms with E-state index in [1.165, 1.54) is 0 Å². The lowest BCUT2D eigenvalue weighted by Gasteiger charge is -2.00. The van der Waals surface area contributed by atoms with E-state index in [1.54, 1.807) is 12.4 Å². The summed E-state index contributed by atoms with van der Waals surface area (Å²) in [7, 11) is 3.86. The molecule has 15 heavy (non-hydrogen) atoms. The fraction of sp³-hybridized carbons (Fsp3) is 0.273. The third kappa shape index (κ3) is 2.05. The van der Waals surface area contributed by atoms with Crippen molar-refractivity contribution in [3.63, 3.8) is 0 Å². The van der Waals surface area contributed by atoms with Crippen LogP contribution in [0.25, 0.3) is 11.1 Å². The second-order valence-corrected chi connectivity index (χ2v) is 3.43. The van der Waals surface area contributed by atoms with Crippen molar-refractivity contribution in [2.45, 2.75) is 6.54 Å². The molecule has 0 aliphatic carbocycles. The molecule has 0 aromatic carbocycles. The van der Waals surface area contributed by atoms with Crippen molar-refractivity contribution in [1.82, 2.24) is 20.1 Å². The molecule has 2 aromatic rings. The van der Waals surface area contributed by atoms with Gasteiger partial charge in [0.1, 0.15) is 0 Å². The Morgan fingerprint density at radius 3 is 2.73 bits per heavy atom. The van der Waals surface area contributed by atoms with E-state index < -0.39 is 0 Å². The predicted molar refractivity (Wildman–Crippen MR) is 59.2 cm³/mol. The van der Waals surface area contributed by atoms with E-state index in [1.807, 2.05) is 37.1 Å². The normalized spacial score (nSPS) is 10.5. The number of nitrogens with zero attached hydrogens (tertiary/aromatic N) is 3. The Kier molecular flexibility index (Phi) is 2.78. The van der Waals surface area contributed by atoms with Gasteiger partial charge in [0.25, 0.3) is 0 Å². The van der Waals surface area contributed by atoms with Crippen LogP contribution in [0.5, 0.6) is 0 Å². The minimum atomic E-state index is 0.776. The van der Waals surface area contributed by atoms with Gasteiger partial charge in [-0.15, -0.1) is 0 Å². The van der Waals surface area contributed by atoms with Gasteiger partial charge in [0.2, 0.25) is 0 Å². The van der Waals surface area contributed by atoms with Gasteiger partial charge in [-0.25, -0.2) is 0 Å². The second-order valence-electron chi connectivity index (χ2n) is 3.43. The zero-order valence-electron chi connectivity index (χ0n) is 8.94. The van der Waals surface area contributed by atoms with Crippen LogP contribution in [0.4, 0.5) is 0 Å². The first-order valence-electron chi connectivity index (χ1n) is 4.89. The fourth-order valence-corrected chi connectivity index (χ4v) is 1.61. The van der Waals surface area contributed by atoms with Gasteiger partial charge in [0.15, 0.2) is 0 Å². The Hall–Kier alpha value is -1.68. The highest BCUT2D eigenvalue weighted by Gasteiger charge is 2.08. The maximum atomic E-state index is 4.41. The van der Waals surface area contributed by atoms with Crippen LogP contribution in [-0.2, 0) is 13.6 Å². The van der Waals surface area contributed by atoms with Crippen molar-refractivity contribution in [3.05, 3.63) is 36.4 Å². The van der Waals surface area contributed by atoms with Crippen LogP contribution >= 0.6 is 0 Å². The Bertz CT molecular complexity index is 433. The predicted octanol–water partition coefficient (Wildman–Crippen LogP) is 1.20. The minimum absolute atomic E-state index is 0.776. The van der Waals surface area contributed by atoms with Gasteiger partial charge in [0.05, 0.1) is 5.69 Å². The molecule has 0 unspecified atom stereocenters. The van der Waals surface area contributed by atoms with Gasteiger partial charge in [-0.3, -0.25) is 9.67 Å². The zero-order chi connectivity index (χ0) is 10.7. The van der Waals surface area contributed by atoms with Crippen LogP contribution in [0.15, 0.2) is 30.7 Å². The van der Waals surface area contributed by atoms with Gasteiger partial charge in [-0.1, -0.05) is 0 Å². The lowest BCUT2D eigenvalue weighted by molar-refractivity contribution is 0.712. The molecule has 2 rings (SSSR count). The maximum absolute atomic E-state index is 4.41. The van der Waals surface area contributed by atoms with Crippen molar-refractivity contribution in [2.75, 3.05) is 7.05 Å². The van der Waals surface area contributed by atoms with Crippen molar-refractivity contribution in [1.29, 1.82) is 0 Å². The van der Waals surface area contributed by atoms with Gasteiger partial charge >= 0.3 is 0 Å². The summed E-state index contributed by atoms with van der Waals surface area (Å²) in [4.78, 5) is 4.01. The smallest absolute Gasteiger partial charge is 0.0840 e. The Labute approximate surface area is 89.0 Å². The zero-order valence-corrected chi connectivity index (χ0v) is 8.94. The van der Waals surface area contributed by atoms with Gasteiger partial charge < -0.3 is 5.32 Å². The molecule has 4 heteroatoms. The standard InChI is InChI=1S/C11H14N4/c1-12-7-11-10(8-15(2)14-11)9-3-5-13-6-4-9/h3-6,8,12H,7H2,1-2H3. The van der Waals surface area contributed by atoms with Crippen molar-refractivity contribution < 1.29 is 0 Å². The summed E-state index contributed by atoms with van der Waals surface area (Å²) in [6, 6.07) is 3.99. The van der Waals surface area contributed by atoms with Gasteiger partial charge in [-0.05, 0) is 24.7 Å². The molecule has 0 aliphatic heterocycles. The Balaban J connectivity index is 2.43. The number of hydrogen-bond acceptors (Lipinski definition) is 3. The summed E-state index contributed by atoms with van der Waals surface area (Å²) in [5, 5.41) is 7.53. The fourth-order valence-electron chi connectivity index (χ4n) is 1.61. The number of nitrogens with one attached hydrogen (secondary N) is 1. The Morgan fingerprint density at radius 1 is 1.33 bits per heavy atom. The van der Waals surface area contributed by atoms with Crippen molar-refractivity contribution in [3.8, 4) is 11.1 Å². The first-order chi connectivity index (χ1) is 7.31. The van der Waals surface area contributed by atoms with Crippen molar-refractivity contribution >= 4 is 0 Å². The lowest BCUT2D eigenvalue weighted by atomic mass is 10.1. The quantitative estimate of drug-likeness (QED) is 0.813. The maximum Gasteiger partial charge on any atom is 0.0840 e. The van der Waals surface area contributed by atoms with Gasteiger partial charge in [-0.2, -0.15) is 5.10 Å². The average molecular weight is 202 g/mol. The molecule has 0 radical (unpaired) electrons. The first kappa shape index (κ1) is 9.86. The van der Waals surface area contributed by atoms with Crippen LogP contribution in [-0.4, -0.2) is 21.8 Å². The van der Waals surface area contributed by atoms with Crippen molar-refractivity contribution in [2.24, 2.45) is 7.05 Å². The van der Waals surface area contributed by atoms with E-state index in [-0.39, 0.29) is 0 Å². The minimum Gasteiger partial charge on any atom is -0.314 e. The monoisotopic (exact) mass is 202 g/mol. The van der Waals surface area contributed by atoms with E-state index in [4.69, 9.17) is 0 Å². The van der Waals surface area contributed by atoms with Crippen LogP contribution in [0.2, 0.25) is 0 Å². The number of pyridine rings is 1. The summed E-state index contributed by atoms with van der Waals surface area (Å²) in [6.07, 6.45) is 5.62. The third-order valence-electron chi connectivity index (χ3n) is 2.24. The molecule has 0 atom stereocenters.